The lowest BCUT2D eigenvalue weighted by atomic mass is 10.0. The average molecular weight is 568 g/mol. The first-order valence-corrected chi connectivity index (χ1v) is 15.3. The minimum absolute atomic E-state index is 0.125. The Morgan fingerprint density at radius 2 is 1.43 bits per heavy atom. The molecule has 4 aromatic carbocycles. The third-order valence-corrected chi connectivity index (χ3v) is 8.82. The second-order valence-electron chi connectivity index (χ2n) is 9.40. The van der Waals surface area contributed by atoms with Crippen LogP contribution in [0.1, 0.15) is 34.1 Å². The Morgan fingerprint density at radius 1 is 0.800 bits per heavy atom. The number of sulfonamides is 1. The van der Waals surface area contributed by atoms with Crippen LogP contribution in [-0.4, -0.2) is 19.3 Å². The van der Waals surface area contributed by atoms with Crippen LogP contribution in [0.2, 0.25) is 0 Å². The first-order valence-electron chi connectivity index (χ1n) is 13.0. The van der Waals surface area contributed by atoms with Gasteiger partial charge in [0.15, 0.2) is 5.13 Å². The predicted molar refractivity (Wildman–Crippen MR) is 163 cm³/mol. The van der Waals surface area contributed by atoms with Crippen molar-refractivity contribution in [3.63, 3.8) is 0 Å². The molecule has 5 rings (SSSR count). The van der Waals surface area contributed by atoms with Crippen molar-refractivity contribution in [3.05, 3.63) is 119 Å². The van der Waals surface area contributed by atoms with Crippen LogP contribution in [0.4, 0.5) is 10.8 Å². The number of thiazole rings is 1. The molecule has 0 fully saturated rings. The van der Waals surface area contributed by atoms with Crippen LogP contribution in [0.3, 0.4) is 0 Å². The van der Waals surface area contributed by atoms with Crippen LogP contribution in [-0.2, 0) is 16.4 Å². The van der Waals surface area contributed by atoms with Crippen LogP contribution in [0, 0.1) is 6.92 Å². The number of aryl methyl sites for hydroxylation is 2. The average Bonchev–Trinajstić information content (AvgIpc) is 3.36. The number of anilines is 2. The molecule has 0 radical (unpaired) electrons. The summed E-state index contributed by atoms with van der Waals surface area (Å²) < 4.78 is 28.5. The lowest BCUT2D eigenvalue weighted by Gasteiger charge is -2.12. The van der Waals surface area contributed by atoms with E-state index in [4.69, 9.17) is 4.98 Å². The van der Waals surface area contributed by atoms with E-state index in [0.29, 0.717) is 5.13 Å². The number of amides is 1. The number of carbonyl (C=O) groups excluding carboxylic acids is 1. The van der Waals surface area contributed by atoms with Gasteiger partial charge in [-0.05, 0) is 48.7 Å². The second kappa shape index (κ2) is 11.9. The van der Waals surface area contributed by atoms with Crippen molar-refractivity contribution < 1.29 is 13.2 Å². The van der Waals surface area contributed by atoms with E-state index in [0.717, 1.165) is 45.7 Å². The number of carbonyl (C=O) groups is 1. The van der Waals surface area contributed by atoms with Crippen molar-refractivity contribution in [3.8, 4) is 22.4 Å². The van der Waals surface area contributed by atoms with E-state index in [2.05, 4.69) is 53.4 Å². The van der Waals surface area contributed by atoms with Crippen LogP contribution < -0.4 is 10.0 Å². The number of nitrogens with zero attached hydrogens (tertiary/aromatic N) is 1. The molecule has 40 heavy (non-hydrogen) atoms. The lowest BCUT2D eigenvalue weighted by molar-refractivity contribution is 0.102. The van der Waals surface area contributed by atoms with E-state index in [-0.39, 0.29) is 16.1 Å². The topological polar surface area (TPSA) is 88.2 Å². The highest BCUT2D eigenvalue weighted by Crippen LogP contribution is 2.34. The summed E-state index contributed by atoms with van der Waals surface area (Å²) in [6, 6.07) is 31.5. The van der Waals surface area contributed by atoms with Gasteiger partial charge >= 0.3 is 0 Å². The molecule has 1 aromatic heterocycles. The Kier molecular flexibility index (Phi) is 8.09. The van der Waals surface area contributed by atoms with Gasteiger partial charge in [-0.25, -0.2) is 13.4 Å². The van der Waals surface area contributed by atoms with Crippen molar-refractivity contribution in [2.75, 3.05) is 10.0 Å². The van der Waals surface area contributed by atoms with Gasteiger partial charge < -0.3 is 0 Å². The third-order valence-electron chi connectivity index (χ3n) is 6.41. The highest BCUT2D eigenvalue weighted by atomic mass is 32.2. The quantitative estimate of drug-likeness (QED) is 0.190. The van der Waals surface area contributed by atoms with Gasteiger partial charge in [-0.2, -0.15) is 0 Å². The van der Waals surface area contributed by atoms with Crippen LogP contribution in [0.15, 0.2) is 108 Å². The molecule has 0 aliphatic carbocycles. The molecule has 5 aromatic rings. The largest absolute Gasteiger partial charge is 0.298 e. The first kappa shape index (κ1) is 27.3. The minimum Gasteiger partial charge on any atom is -0.298 e. The van der Waals surface area contributed by atoms with E-state index in [1.807, 2.05) is 25.1 Å². The van der Waals surface area contributed by atoms with E-state index < -0.39 is 15.9 Å². The number of rotatable bonds is 9. The number of hydrogen-bond acceptors (Lipinski definition) is 5. The maximum atomic E-state index is 13.3. The van der Waals surface area contributed by atoms with Gasteiger partial charge in [0, 0.05) is 10.4 Å². The lowest BCUT2D eigenvalue weighted by Crippen LogP contribution is -2.18. The number of aromatic nitrogens is 1. The van der Waals surface area contributed by atoms with Gasteiger partial charge in [0.05, 0.1) is 21.8 Å². The minimum atomic E-state index is -3.87. The third kappa shape index (κ3) is 6.14. The zero-order chi connectivity index (χ0) is 28.1. The number of benzene rings is 4. The van der Waals surface area contributed by atoms with Gasteiger partial charge in [0.25, 0.3) is 15.9 Å². The standard InChI is InChI=1S/C32H29N3O3S2/c1-3-9-29-30(25-18-16-24(17-19-25)23-10-5-4-6-11-23)33-32(39-29)34-31(36)27-12-7-8-13-28(27)35-40(37,38)26-20-14-22(2)15-21-26/h4-8,10-21,35H,3,9H2,1-2H3,(H,33,34,36). The Balaban J connectivity index is 1.39. The zero-order valence-corrected chi connectivity index (χ0v) is 23.9. The van der Waals surface area contributed by atoms with Crippen LogP contribution in [0.25, 0.3) is 22.4 Å². The smallest absolute Gasteiger partial charge is 0.261 e. The van der Waals surface area contributed by atoms with Crippen molar-refractivity contribution >= 4 is 38.1 Å². The Labute approximate surface area is 238 Å². The Bertz CT molecular complexity index is 1730. The summed E-state index contributed by atoms with van der Waals surface area (Å²) in [7, 11) is -3.87. The molecule has 0 unspecified atom stereocenters. The fraction of sp³-hybridized carbons (Fsp3) is 0.125. The monoisotopic (exact) mass is 567 g/mol. The predicted octanol–water partition coefficient (Wildman–Crippen LogP) is 7.79. The molecule has 8 heteroatoms. The second-order valence-corrected chi connectivity index (χ2v) is 12.2. The Hall–Kier alpha value is -4.27. The first-order chi connectivity index (χ1) is 19.3. The molecule has 202 valence electrons. The summed E-state index contributed by atoms with van der Waals surface area (Å²) in [6.07, 6.45) is 1.77. The summed E-state index contributed by atoms with van der Waals surface area (Å²) in [5.74, 6) is -0.440. The van der Waals surface area contributed by atoms with Gasteiger partial charge in [-0.1, -0.05) is 97.8 Å². The fourth-order valence-corrected chi connectivity index (χ4v) is 6.49. The number of hydrogen-bond donors (Lipinski definition) is 2. The van der Waals surface area contributed by atoms with Crippen LogP contribution in [0.5, 0.6) is 0 Å². The van der Waals surface area contributed by atoms with Gasteiger partial charge in [-0.3, -0.25) is 14.8 Å². The molecule has 0 atom stereocenters. The van der Waals surface area contributed by atoms with Gasteiger partial charge in [0.2, 0.25) is 0 Å². The Morgan fingerprint density at radius 3 is 2.12 bits per heavy atom. The molecule has 6 nitrogen and oxygen atoms in total. The normalized spacial score (nSPS) is 11.2. The fourth-order valence-electron chi connectivity index (χ4n) is 4.33. The summed E-state index contributed by atoms with van der Waals surface area (Å²) in [6.45, 7) is 4.00. The van der Waals surface area contributed by atoms with E-state index >= 15 is 0 Å². The zero-order valence-electron chi connectivity index (χ0n) is 22.2. The molecule has 0 spiro atoms. The highest BCUT2D eigenvalue weighted by molar-refractivity contribution is 7.92. The molecular weight excluding hydrogens is 539 g/mol. The van der Waals surface area contributed by atoms with E-state index in [1.165, 1.54) is 11.3 Å². The summed E-state index contributed by atoms with van der Waals surface area (Å²) in [4.78, 5) is 19.3. The maximum Gasteiger partial charge on any atom is 0.261 e. The molecule has 1 heterocycles. The highest BCUT2D eigenvalue weighted by Gasteiger charge is 2.20. The van der Waals surface area contributed by atoms with Gasteiger partial charge in [0.1, 0.15) is 0 Å². The van der Waals surface area contributed by atoms with Crippen molar-refractivity contribution in [2.24, 2.45) is 0 Å². The molecule has 1 amide bonds. The molecule has 0 aliphatic heterocycles. The number of para-hydroxylation sites is 1. The molecule has 0 saturated heterocycles. The van der Waals surface area contributed by atoms with Crippen LogP contribution >= 0.6 is 11.3 Å². The number of nitrogens with one attached hydrogen (secondary N) is 2. The summed E-state index contributed by atoms with van der Waals surface area (Å²) in [5.41, 5.74) is 5.44. The summed E-state index contributed by atoms with van der Waals surface area (Å²) in [5, 5.41) is 3.36. The molecule has 0 bridgehead atoms. The van der Waals surface area contributed by atoms with Crippen molar-refractivity contribution in [1.29, 1.82) is 0 Å². The van der Waals surface area contributed by atoms with Crippen molar-refractivity contribution in [1.82, 2.24) is 4.98 Å². The maximum absolute atomic E-state index is 13.3. The van der Waals surface area contributed by atoms with E-state index in [9.17, 15) is 13.2 Å². The summed E-state index contributed by atoms with van der Waals surface area (Å²) >= 11 is 1.44. The molecule has 0 aliphatic rings. The van der Waals surface area contributed by atoms with Crippen molar-refractivity contribution in [2.45, 2.75) is 31.6 Å². The van der Waals surface area contributed by atoms with Gasteiger partial charge in [-0.15, -0.1) is 11.3 Å². The molecule has 2 N–H and O–H groups in total. The van der Waals surface area contributed by atoms with E-state index in [1.54, 1.807) is 48.5 Å². The molecular formula is C32H29N3O3S2. The SMILES string of the molecule is CCCc1sc(NC(=O)c2ccccc2NS(=O)(=O)c2ccc(C)cc2)nc1-c1ccc(-c2ccccc2)cc1. The molecule has 0 saturated carbocycles.